The van der Waals surface area contributed by atoms with E-state index in [0.717, 1.165) is 62.2 Å². The number of aromatic nitrogens is 2. The molecule has 45 heavy (non-hydrogen) atoms. The van der Waals surface area contributed by atoms with Crippen LogP contribution in [0.3, 0.4) is 0 Å². The van der Waals surface area contributed by atoms with E-state index in [1.54, 1.807) is 0 Å². The van der Waals surface area contributed by atoms with Crippen LogP contribution in [0.2, 0.25) is 0 Å². The largest absolute Gasteiger partial charge is 0.481 e. The topological polar surface area (TPSA) is 137 Å². The highest BCUT2D eigenvalue weighted by atomic mass is 16.5. The lowest BCUT2D eigenvalue weighted by Crippen LogP contribution is -2.27. The van der Waals surface area contributed by atoms with Crippen LogP contribution in [-0.2, 0) is 25.5 Å². The highest BCUT2D eigenvalue weighted by molar-refractivity contribution is 6.30. The minimum atomic E-state index is -1.11. The van der Waals surface area contributed by atoms with Gasteiger partial charge in [-0.3, -0.25) is 19.4 Å². The lowest BCUT2D eigenvalue weighted by atomic mass is 9.83. The van der Waals surface area contributed by atoms with E-state index >= 15 is 0 Å². The number of aliphatic imine (C=N–C) groups is 2. The van der Waals surface area contributed by atoms with E-state index in [1.807, 2.05) is 32.1 Å². The van der Waals surface area contributed by atoms with Crippen molar-refractivity contribution in [3.05, 3.63) is 79.0 Å². The molecule has 8 bridgehead atoms. The molecule has 0 aromatic carbocycles. The summed E-state index contributed by atoms with van der Waals surface area (Å²) in [6.07, 6.45) is 9.33. The summed E-state index contributed by atoms with van der Waals surface area (Å²) in [5.41, 5.74) is 10.5. The molecule has 3 aliphatic heterocycles. The molecule has 2 aromatic heterocycles. The summed E-state index contributed by atoms with van der Waals surface area (Å²) in [5.74, 6) is -3.23. The maximum atomic E-state index is 13.9. The normalized spacial score (nSPS) is 24.7. The molecule has 0 unspecified atom stereocenters. The van der Waals surface area contributed by atoms with Gasteiger partial charge in [-0.15, -0.1) is 0 Å². The van der Waals surface area contributed by atoms with Crippen LogP contribution in [0, 0.1) is 31.6 Å². The van der Waals surface area contributed by atoms with E-state index in [1.165, 1.54) is 7.11 Å². The predicted octanol–water partition coefficient (Wildman–Crippen LogP) is 4.49. The highest BCUT2D eigenvalue weighted by Gasteiger charge is 2.47. The summed E-state index contributed by atoms with van der Waals surface area (Å²) in [6.45, 7) is 14.3. The van der Waals surface area contributed by atoms with Gasteiger partial charge in [0.2, 0.25) is 0 Å². The molecule has 9 heteroatoms. The van der Waals surface area contributed by atoms with Gasteiger partial charge >= 0.3 is 11.9 Å². The van der Waals surface area contributed by atoms with Crippen LogP contribution in [0.5, 0.6) is 0 Å². The highest BCUT2D eigenvalue weighted by Crippen LogP contribution is 2.45. The first kappa shape index (κ1) is 30.2. The number of aromatic amines is 2. The van der Waals surface area contributed by atoms with Gasteiger partial charge in [0, 0.05) is 69.3 Å². The number of aliphatic carboxylic acids is 1. The second-order valence-electron chi connectivity index (χ2n) is 12.3. The summed E-state index contributed by atoms with van der Waals surface area (Å²) in [4.78, 5) is 55.8. The lowest BCUT2D eigenvalue weighted by Gasteiger charge is -2.19. The summed E-state index contributed by atoms with van der Waals surface area (Å²) in [6, 6.07) is 0. The van der Waals surface area contributed by atoms with E-state index in [2.05, 4.69) is 43.4 Å². The summed E-state index contributed by atoms with van der Waals surface area (Å²) < 4.78 is 5.10. The number of methoxy groups -OCH3 is 1. The number of esters is 1. The predicted molar refractivity (Wildman–Crippen MR) is 175 cm³/mol. The average molecular weight is 607 g/mol. The van der Waals surface area contributed by atoms with Gasteiger partial charge in [-0.05, 0) is 79.7 Å². The Morgan fingerprint density at radius 2 is 1.84 bits per heavy atom. The van der Waals surface area contributed by atoms with Crippen LogP contribution < -0.4 is 10.7 Å². The third-order valence-corrected chi connectivity index (χ3v) is 9.88. The van der Waals surface area contributed by atoms with Crippen molar-refractivity contribution >= 4 is 53.4 Å². The first-order chi connectivity index (χ1) is 21.5. The fourth-order valence-electron chi connectivity index (χ4n) is 7.31. The standard InChI is InChI=1S/C36H38N4O5/c1-8-20-16(3)24-13-25-18(5)22(10-11-31(41)42)28(37-25)12-23-33(36(44)45-7)35(43)32-19(6)27(40-34(23)32)15-30-21(9-2)17(4)26(39-30)14-29(20)38-24/h8,13-15,18,22,33,38-39H,1,9-12H2,2-7H3,(H,41,42)/b25-13-,26-14-,30-15-/t18-,22-,33+/m0/s1. The van der Waals surface area contributed by atoms with E-state index in [0.29, 0.717) is 34.5 Å². The second kappa shape index (κ2) is 11.3. The third kappa shape index (κ3) is 4.81. The summed E-state index contributed by atoms with van der Waals surface area (Å²) in [5, 5.41) is 11.4. The van der Waals surface area contributed by atoms with Gasteiger partial charge in [0.25, 0.3) is 0 Å². The number of allylic oxidation sites excluding steroid dienone is 3. The number of fused-ring (bicyclic) bond motifs is 5. The minimum absolute atomic E-state index is 0.0221. The zero-order chi connectivity index (χ0) is 32.3. The first-order valence-electron chi connectivity index (χ1n) is 15.4. The Bertz CT molecular complexity index is 1990. The zero-order valence-corrected chi connectivity index (χ0v) is 26.6. The average Bonchev–Trinajstić information content (AvgIpc) is 3.73. The monoisotopic (exact) mass is 606 g/mol. The van der Waals surface area contributed by atoms with Crippen molar-refractivity contribution in [2.75, 3.05) is 7.11 Å². The zero-order valence-electron chi connectivity index (χ0n) is 26.6. The summed E-state index contributed by atoms with van der Waals surface area (Å²) in [7, 11) is 1.28. The van der Waals surface area contributed by atoms with Crippen LogP contribution in [0.4, 0.5) is 0 Å². The van der Waals surface area contributed by atoms with Crippen LogP contribution in [0.1, 0.15) is 73.7 Å². The molecule has 4 aliphatic rings. The van der Waals surface area contributed by atoms with E-state index in [-0.39, 0.29) is 30.5 Å². The van der Waals surface area contributed by atoms with E-state index < -0.39 is 17.9 Å². The van der Waals surface area contributed by atoms with Crippen molar-refractivity contribution in [2.24, 2.45) is 27.7 Å². The molecule has 3 N–H and O–H groups in total. The molecule has 1 aliphatic carbocycles. The third-order valence-electron chi connectivity index (χ3n) is 9.88. The number of carbonyl (C=O) groups is 3. The number of ether oxygens (including phenoxy) is 1. The SMILES string of the molecule is C=Cc1c2[nH]c(c1C)/C=C1\N=C(CC3=C4N=C(/C=c5\[nH]/c(c(C)c5CC)=C\2)C(C)=C4C(=O)[C@@H]3C(=O)OC)[C@@H](CCC(=O)O)[C@@H]1C. The lowest BCUT2D eigenvalue weighted by molar-refractivity contribution is -0.146. The molecular weight excluding hydrogens is 568 g/mol. The fourth-order valence-corrected chi connectivity index (χ4v) is 7.31. The molecule has 9 nitrogen and oxygen atoms in total. The Kier molecular flexibility index (Phi) is 7.59. The van der Waals surface area contributed by atoms with Gasteiger partial charge in [0.15, 0.2) is 5.78 Å². The van der Waals surface area contributed by atoms with Gasteiger partial charge in [0.05, 0.1) is 18.5 Å². The molecule has 3 atom stereocenters. The van der Waals surface area contributed by atoms with E-state index in [9.17, 15) is 19.5 Å². The number of carboxylic acids is 1. The Balaban J connectivity index is 1.66. The Morgan fingerprint density at radius 1 is 1.09 bits per heavy atom. The fraction of sp³-hybridized carbons (Fsp3) is 0.361. The smallest absolute Gasteiger partial charge is 0.320 e. The van der Waals surface area contributed by atoms with Gasteiger partial charge < -0.3 is 19.8 Å². The number of carboxylic acid groups (broad SMARTS) is 1. The van der Waals surface area contributed by atoms with E-state index in [4.69, 9.17) is 14.7 Å². The number of nitrogens with one attached hydrogen (secondary N) is 2. The Hall–Kier alpha value is -4.79. The Morgan fingerprint density at radius 3 is 2.51 bits per heavy atom. The van der Waals surface area contributed by atoms with Crippen LogP contribution >= 0.6 is 0 Å². The molecule has 232 valence electrons. The molecule has 0 saturated carbocycles. The number of hydrogen-bond acceptors (Lipinski definition) is 6. The first-order valence-corrected chi connectivity index (χ1v) is 15.4. The van der Waals surface area contributed by atoms with Crippen LogP contribution in [0.15, 0.2) is 44.7 Å². The summed E-state index contributed by atoms with van der Waals surface area (Å²) >= 11 is 0. The van der Waals surface area contributed by atoms with Crippen LogP contribution in [-0.4, -0.2) is 51.3 Å². The quantitative estimate of drug-likeness (QED) is 0.329. The van der Waals surface area contributed by atoms with Crippen molar-refractivity contribution in [3.63, 3.8) is 0 Å². The number of ketones is 1. The van der Waals surface area contributed by atoms with Gasteiger partial charge in [0.1, 0.15) is 5.92 Å². The number of nitrogens with zero attached hydrogens (tertiary/aromatic N) is 2. The number of carbonyl (C=O) groups excluding carboxylic acids is 2. The molecule has 0 saturated heterocycles. The van der Waals surface area contributed by atoms with Crippen molar-refractivity contribution in [1.29, 1.82) is 0 Å². The Labute approximate surface area is 261 Å². The van der Waals surface area contributed by atoms with Crippen LogP contribution in [0.25, 0.3) is 24.3 Å². The maximum absolute atomic E-state index is 13.9. The number of hydrogen-bond donors (Lipinski definition) is 3. The van der Waals surface area contributed by atoms with Crippen molar-refractivity contribution < 1.29 is 24.2 Å². The second-order valence-corrected chi connectivity index (χ2v) is 12.3. The molecule has 6 rings (SSSR count). The molecular formula is C36H38N4O5. The van der Waals surface area contributed by atoms with Crippen molar-refractivity contribution in [3.8, 4) is 0 Å². The molecule has 0 amide bonds. The molecule has 0 spiro atoms. The minimum Gasteiger partial charge on any atom is -0.481 e. The number of Topliss-reactive ketones (excluding diaryl/α,β-unsaturated/α-hetero) is 1. The number of H-pyrrole nitrogens is 2. The van der Waals surface area contributed by atoms with Gasteiger partial charge in [-0.1, -0.05) is 26.5 Å². The van der Waals surface area contributed by atoms with Gasteiger partial charge in [-0.25, -0.2) is 4.99 Å². The molecule has 2 aromatic rings. The van der Waals surface area contributed by atoms with Gasteiger partial charge in [-0.2, -0.15) is 0 Å². The van der Waals surface area contributed by atoms with Crippen molar-refractivity contribution in [2.45, 2.75) is 60.3 Å². The molecule has 0 fully saturated rings. The number of rotatable bonds is 6. The maximum Gasteiger partial charge on any atom is 0.320 e. The van der Waals surface area contributed by atoms with Crippen molar-refractivity contribution in [1.82, 2.24) is 9.97 Å². The molecule has 0 radical (unpaired) electrons. The molecule has 5 heterocycles.